The van der Waals surface area contributed by atoms with Crippen LogP contribution in [0.2, 0.25) is 5.02 Å². The van der Waals surface area contributed by atoms with Crippen molar-refractivity contribution in [1.29, 1.82) is 0 Å². The Morgan fingerprint density at radius 2 is 2.20 bits per heavy atom. The number of fused-ring (bicyclic) bond motifs is 1. The lowest BCUT2D eigenvalue weighted by Gasteiger charge is -2.01. The van der Waals surface area contributed by atoms with Gasteiger partial charge in [0.25, 0.3) is 5.91 Å². The first-order valence-electron chi connectivity index (χ1n) is 6.00. The van der Waals surface area contributed by atoms with E-state index in [4.69, 9.17) is 11.6 Å². The van der Waals surface area contributed by atoms with E-state index in [2.05, 4.69) is 10.3 Å². The molecule has 100 valence electrons. The number of pyridine rings is 1. The molecule has 0 bridgehead atoms. The number of carbonyl (C=O) groups is 1. The topological polar surface area (TPSA) is 42.0 Å². The predicted molar refractivity (Wildman–Crippen MR) is 76.9 cm³/mol. The lowest BCUT2D eigenvalue weighted by molar-refractivity contribution is -0.110. The van der Waals surface area contributed by atoms with Crippen LogP contribution in [0.25, 0.3) is 11.6 Å². The molecule has 0 fully saturated rings. The van der Waals surface area contributed by atoms with Crippen LogP contribution in [0.5, 0.6) is 0 Å². The van der Waals surface area contributed by atoms with Gasteiger partial charge in [-0.3, -0.25) is 9.78 Å². The van der Waals surface area contributed by atoms with E-state index in [1.54, 1.807) is 18.3 Å². The Hall–Kier alpha value is -2.20. The molecule has 0 saturated carbocycles. The highest BCUT2D eigenvalue weighted by Gasteiger charge is 2.26. The molecule has 1 amide bonds. The van der Waals surface area contributed by atoms with Crippen molar-refractivity contribution in [2.45, 2.75) is 6.92 Å². The Morgan fingerprint density at radius 1 is 1.40 bits per heavy atom. The zero-order chi connectivity index (χ0) is 14.3. The van der Waals surface area contributed by atoms with Crippen LogP contribution in [-0.2, 0) is 4.79 Å². The molecule has 0 aliphatic carbocycles. The molecule has 0 unspecified atom stereocenters. The van der Waals surface area contributed by atoms with Crippen LogP contribution in [-0.4, -0.2) is 10.9 Å². The third-order valence-corrected chi connectivity index (χ3v) is 3.35. The monoisotopic (exact) mass is 288 g/mol. The minimum atomic E-state index is -0.546. The number of hydrogen-bond acceptors (Lipinski definition) is 2. The number of nitrogens with one attached hydrogen (secondary N) is 1. The molecule has 1 aliphatic heterocycles. The van der Waals surface area contributed by atoms with Gasteiger partial charge in [-0.1, -0.05) is 23.7 Å². The summed E-state index contributed by atoms with van der Waals surface area (Å²) >= 11 is 5.74. The van der Waals surface area contributed by atoms with Crippen LogP contribution in [0.1, 0.15) is 16.8 Å². The summed E-state index contributed by atoms with van der Waals surface area (Å²) in [5, 5.41) is 2.74. The van der Waals surface area contributed by atoms with E-state index in [0.29, 0.717) is 17.0 Å². The zero-order valence-corrected chi connectivity index (χ0v) is 11.3. The van der Waals surface area contributed by atoms with Gasteiger partial charge in [0, 0.05) is 11.8 Å². The van der Waals surface area contributed by atoms with E-state index in [1.807, 2.05) is 13.0 Å². The average Bonchev–Trinajstić information content (AvgIpc) is 2.70. The van der Waals surface area contributed by atoms with E-state index in [1.165, 1.54) is 12.1 Å². The quantitative estimate of drug-likeness (QED) is 0.814. The van der Waals surface area contributed by atoms with Crippen molar-refractivity contribution in [3.8, 4) is 0 Å². The number of carbonyl (C=O) groups excluding carboxylic acids is 1. The van der Waals surface area contributed by atoms with Crippen molar-refractivity contribution in [2.24, 2.45) is 0 Å². The van der Waals surface area contributed by atoms with Crippen LogP contribution in [0.3, 0.4) is 0 Å². The van der Waals surface area contributed by atoms with Gasteiger partial charge in [0.1, 0.15) is 5.82 Å². The fourth-order valence-corrected chi connectivity index (χ4v) is 2.28. The molecule has 0 atom stereocenters. The highest BCUT2D eigenvalue weighted by Crippen LogP contribution is 2.32. The van der Waals surface area contributed by atoms with Crippen molar-refractivity contribution < 1.29 is 9.18 Å². The van der Waals surface area contributed by atoms with E-state index in [-0.39, 0.29) is 16.5 Å². The summed E-state index contributed by atoms with van der Waals surface area (Å²) in [5.74, 6) is -0.840. The van der Waals surface area contributed by atoms with Gasteiger partial charge in [0.2, 0.25) is 0 Å². The molecule has 1 aromatic carbocycles. The van der Waals surface area contributed by atoms with Gasteiger partial charge in [-0.05, 0) is 30.7 Å². The summed E-state index contributed by atoms with van der Waals surface area (Å²) in [6.45, 7) is 1.89. The summed E-state index contributed by atoms with van der Waals surface area (Å²) in [7, 11) is 0. The van der Waals surface area contributed by atoms with Gasteiger partial charge in [-0.2, -0.15) is 0 Å². The maximum Gasteiger partial charge on any atom is 0.258 e. The molecule has 2 heterocycles. The summed E-state index contributed by atoms with van der Waals surface area (Å²) < 4.78 is 13.9. The van der Waals surface area contributed by atoms with Crippen molar-refractivity contribution >= 4 is 34.8 Å². The summed E-state index contributed by atoms with van der Waals surface area (Å²) in [5.41, 5.74) is 2.71. The molecule has 3 nitrogen and oxygen atoms in total. The number of aryl methyl sites for hydroxylation is 1. The van der Waals surface area contributed by atoms with Crippen molar-refractivity contribution in [2.75, 3.05) is 5.32 Å². The number of halogens is 2. The van der Waals surface area contributed by atoms with Crippen LogP contribution in [0, 0.1) is 12.7 Å². The van der Waals surface area contributed by atoms with Crippen molar-refractivity contribution in [3.63, 3.8) is 0 Å². The minimum absolute atomic E-state index is 0.0230. The number of nitrogens with zero attached hydrogens (tertiary/aromatic N) is 1. The van der Waals surface area contributed by atoms with Crippen LogP contribution < -0.4 is 5.32 Å². The van der Waals surface area contributed by atoms with E-state index < -0.39 is 5.82 Å². The second kappa shape index (κ2) is 4.72. The average molecular weight is 289 g/mol. The minimum Gasteiger partial charge on any atom is -0.320 e. The summed E-state index contributed by atoms with van der Waals surface area (Å²) in [6, 6.07) is 6.49. The fraction of sp³-hybridized carbons (Fsp3) is 0.0667. The summed E-state index contributed by atoms with van der Waals surface area (Å²) in [4.78, 5) is 16.2. The Kier molecular flexibility index (Phi) is 3.03. The molecule has 1 aromatic heterocycles. The third-order valence-electron chi connectivity index (χ3n) is 3.05. The molecular formula is C15H10ClFN2O. The van der Waals surface area contributed by atoms with Gasteiger partial charge in [0.05, 0.1) is 22.0 Å². The molecule has 5 heteroatoms. The molecular weight excluding hydrogens is 279 g/mol. The molecule has 1 aliphatic rings. The number of anilines is 1. The molecule has 1 N–H and O–H groups in total. The number of rotatable bonds is 1. The first kappa shape index (κ1) is 12.8. The number of aromatic nitrogens is 1. The number of benzene rings is 1. The number of hydrogen-bond donors (Lipinski definition) is 1. The van der Waals surface area contributed by atoms with Gasteiger partial charge in [0.15, 0.2) is 0 Å². The van der Waals surface area contributed by atoms with Crippen LogP contribution in [0.4, 0.5) is 10.1 Å². The zero-order valence-electron chi connectivity index (χ0n) is 10.6. The molecule has 0 radical (unpaired) electrons. The van der Waals surface area contributed by atoms with Crippen LogP contribution >= 0.6 is 11.6 Å². The largest absolute Gasteiger partial charge is 0.320 e. The lowest BCUT2D eigenvalue weighted by Crippen LogP contribution is -2.03. The SMILES string of the molecule is Cc1cnc2c(c1)NC(=O)C2=Cc1cccc(Cl)c1F. The highest BCUT2D eigenvalue weighted by atomic mass is 35.5. The summed E-state index contributed by atoms with van der Waals surface area (Å²) in [6.07, 6.45) is 3.13. The van der Waals surface area contributed by atoms with Crippen molar-refractivity contribution in [1.82, 2.24) is 4.98 Å². The third kappa shape index (κ3) is 2.08. The van der Waals surface area contributed by atoms with E-state index >= 15 is 0 Å². The Balaban J connectivity index is 2.14. The van der Waals surface area contributed by atoms with E-state index in [9.17, 15) is 9.18 Å². The predicted octanol–water partition coefficient (Wildman–Crippen LogP) is 3.68. The molecule has 0 saturated heterocycles. The standard InChI is InChI=1S/C15H10ClFN2O/c1-8-5-12-14(18-7-8)10(15(20)19-12)6-9-3-2-4-11(16)13(9)17/h2-7H,1H3,(H,19,20). The first-order chi connectivity index (χ1) is 9.56. The van der Waals surface area contributed by atoms with Crippen LogP contribution in [0.15, 0.2) is 30.5 Å². The van der Waals surface area contributed by atoms with Crippen molar-refractivity contribution in [3.05, 3.63) is 58.1 Å². The second-order valence-corrected chi connectivity index (χ2v) is 4.97. The maximum atomic E-state index is 13.9. The second-order valence-electron chi connectivity index (χ2n) is 4.56. The molecule has 0 spiro atoms. The lowest BCUT2D eigenvalue weighted by atomic mass is 10.1. The van der Waals surface area contributed by atoms with Gasteiger partial charge in [-0.15, -0.1) is 0 Å². The Labute approximate surface area is 120 Å². The van der Waals surface area contributed by atoms with Gasteiger partial charge in [-0.25, -0.2) is 4.39 Å². The molecule has 3 rings (SSSR count). The Morgan fingerprint density at radius 3 is 3.00 bits per heavy atom. The van der Waals surface area contributed by atoms with E-state index in [0.717, 1.165) is 5.56 Å². The first-order valence-corrected chi connectivity index (χ1v) is 6.38. The molecule has 2 aromatic rings. The smallest absolute Gasteiger partial charge is 0.258 e. The highest BCUT2D eigenvalue weighted by molar-refractivity contribution is 6.34. The fourth-order valence-electron chi connectivity index (χ4n) is 2.10. The normalized spacial score (nSPS) is 15.3. The number of amides is 1. The molecule has 20 heavy (non-hydrogen) atoms. The van der Waals surface area contributed by atoms with Gasteiger partial charge >= 0.3 is 0 Å². The Bertz CT molecular complexity index is 756. The van der Waals surface area contributed by atoms with Gasteiger partial charge < -0.3 is 5.32 Å². The maximum absolute atomic E-state index is 13.9.